The molecule has 9 nitrogen and oxygen atoms in total. The second kappa shape index (κ2) is 12.1. The van der Waals surface area contributed by atoms with Gasteiger partial charge in [0.1, 0.15) is 0 Å². The third-order valence-corrected chi connectivity index (χ3v) is 11.5. The Hall–Kier alpha value is -1.93. The Balaban J connectivity index is 2.18. The second-order valence-electron chi connectivity index (χ2n) is 10.3. The van der Waals surface area contributed by atoms with Crippen LogP contribution < -0.4 is 0 Å². The Kier molecular flexibility index (Phi) is 9.72. The van der Waals surface area contributed by atoms with Crippen LogP contribution in [-0.2, 0) is 33.6 Å². The fraction of sp³-hybridized carbons (Fsp3) is 0.538. The summed E-state index contributed by atoms with van der Waals surface area (Å²) >= 11 is 0. The van der Waals surface area contributed by atoms with Crippen LogP contribution in [-0.4, -0.2) is 44.7 Å². The molecule has 0 aliphatic heterocycles. The lowest BCUT2D eigenvalue weighted by Crippen LogP contribution is -2.34. The molecule has 12 heteroatoms. The molecule has 0 radical (unpaired) electrons. The molecule has 2 aromatic heterocycles. The zero-order valence-electron chi connectivity index (χ0n) is 23.2. The summed E-state index contributed by atoms with van der Waals surface area (Å²) in [6.45, 7) is 12.8. The van der Waals surface area contributed by atoms with Gasteiger partial charge in [-0.05, 0) is 84.7 Å². The van der Waals surface area contributed by atoms with Crippen LogP contribution in [0, 0.1) is 0 Å². The highest BCUT2D eigenvalue weighted by Crippen LogP contribution is 2.80. The lowest BCUT2D eigenvalue weighted by atomic mass is 10.0. The van der Waals surface area contributed by atoms with Crippen molar-refractivity contribution in [2.75, 3.05) is 0 Å². The molecule has 0 aliphatic rings. The standard InChI is InChI=1S/C26H38FN3O6P2/c1-17(2)33-37(31,34-18(3)4)26(27,38(32,35-19(5)6)36-20(7)8)13-21-11-23(15-28-14-21)22-9-10-25-24(12-22)16-29-30-25/h9-12,14-20H,13H2,1-8H3,(H,29,30). The van der Waals surface area contributed by atoms with Crippen molar-refractivity contribution in [1.29, 1.82) is 0 Å². The van der Waals surface area contributed by atoms with E-state index in [1.54, 1.807) is 73.8 Å². The topological polar surface area (TPSA) is 113 Å². The van der Waals surface area contributed by atoms with Crippen LogP contribution >= 0.6 is 15.2 Å². The maximum atomic E-state index is 17.7. The molecule has 38 heavy (non-hydrogen) atoms. The van der Waals surface area contributed by atoms with Crippen LogP contribution in [0.4, 0.5) is 4.39 Å². The highest BCUT2D eigenvalue weighted by atomic mass is 31.2. The molecular weight excluding hydrogens is 531 g/mol. The Labute approximate surface area is 223 Å². The number of rotatable bonds is 13. The number of aromatic nitrogens is 3. The number of pyridine rings is 1. The first-order valence-electron chi connectivity index (χ1n) is 12.7. The van der Waals surface area contributed by atoms with Gasteiger partial charge in [-0.25, -0.2) is 4.39 Å². The number of benzene rings is 1. The van der Waals surface area contributed by atoms with E-state index in [4.69, 9.17) is 18.1 Å². The minimum Gasteiger partial charge on any atom is -0.303 e. The SMILES string of the molecule is CC(C)OP(=O)(OC(C)C)C(F)(Cc1cncc(-c2ccc3[nH]ncc3c2)c1)P(=O)(OC(C)C)OC(C)C. The monoisotopic (exact) mass is 569 g/mol. The molecule has 0 saturated heterocycles. The molecule has 0 atom stereocenters. The van der Waals surface area contributed by atoms with E-state index in [-0.39, 0.29) is 0 Å². The Bertz CT molecular complexity index is 1260. The van der Waals surface area contributed by atoms with E-state index >= 15 is 4.39 Å². The predicted octanol–water partition coefficient (Wildman–Crippen LogP) is 7.88. The largest absolute Gasteiger partial charge is 0.381 e. The molecule has 3 aromatic rings. The van der Waals surface area contributed by atoms with Crippen molar-refractivity contribution in [3.8, 4) is 11.1 Å². The van der Waals surface area contributed by atoms with Gasteiger partial charge in [0.05, 0.1) is 36.1 Å². The summed E-state index contributed by atoms with van der Waals surface area (Å²) in [6, 6.07) is 7.39. The van der Waals surface area contributed by atoms with Crippen molar-refractivity contribution in [3.63, 3.8) is 0 Å². The summed E-state index contributed by atoms with van der Waals surface area (Å²) in [6.07, 6.45) is 1.32. The first-order chi connectivity index (χ1) is 17.7. The zero-order chi connectivity index (χ0) is 28.3. The summed E-state index contributed by atoms with van der Waals surface area (Å²) in [5, 5.41) is 4.67. The summed E-state index contributed by atoms with van der Waals surface area (Å²) in [7, 11) is -9.57. The molecule has 0 bridgehead atoms. The molecule has 210 valence electrons. The van der Waals surface area contributed by atoms with Crippen LogP contribution in [0.5, 0.6) is 0 Å². The first-order valence-corrected chi connectivity index (χ1v) is 15.8. The number of H-pyrrole nitrogens is 1. The van der Waals surface area contributed by atoms with Gasteiger partial charge in [0.25, 0.3) is 0 Å². The Morgan fingerprint density at radius 3 is 1.82 bits per heavy atom. The number of hydrogen-bond donors (Lipinski definition) is 1. The minimum atomic E-state index is -4.78. The average molecular weight is 570 g/mol. The van der Waals surface area contributed by atoms with E-state index in [2.05, 4.69) is 15.2 Å². The maximum Gasteiger partial charge on any atom is 0.381 e. The number of hydrogen-bond acceptors (Lipinski definition) is 8. The van der Waals surface area contributed by atoms with Crippen molar-refractivity contribution < 1.29 is 31.6 Å². The van der Waals surface area contributed by atoms with E-state index in [0.717, 1.165) is 16.5 Å². The number of nitrogens with one attached hydrogen (secondary N) is 1. The lowest BCUT2D eigenvalue weighted by molar-refractivity contribution is 0.0807. The van der Waals surface area contributed by atoms with Crippen LogP contribution in [0.3, 0.4) is 0 Å². The molecule has 0 spiro atoms. The molecule has 2 heterocycles. The number of alkyl halides is 1. The van der Waals surface area contributed by atoms with Crippen LogP contribution in [0.15, 0.2) is 42.9 Å². The molecular formula is C26H38FN3O6P2. The number of nitrogens with zero attached hydrogens (tertiary/aromatic N) is 2. The molecule has 0 saturated carbocycles. The molecule has 1 aromatic carbocycles. The van der Waals surface area contributed by atoms with Crippen LogP contribution in [0.1, 0.15) is 61.0 Å². The zero-order valence-corrected chi connectivity index (χ0v) is 25.0. The van der Waals surface area contributed by atoms with Gasteiger partial charge in [0, 0.05) is 29.8 Å². The van der Waals surface area contributed by atoms with E-state index in [1.165, 1.54) is 6.20 Å². The molecule has 1 N–H and O–H groups in total. The van der Waals surface area contributed by atoms with Crippen molar-refractivity contribution in [3.05, 3.63) is 48.4 Å². The summed E-state index contributed by atoms with van der Waals surface area (Å²) < 4.78 is 68.9. The molecule has 0 fully saturated rings. The number of fused-ring (bicyclic) bond motifs is 1. The van der Waals surface area contributed by atoms with Gasteiger partial charge in [-0.1, -0.05) is 6.07 Å². The van der Waals surface area contributed by atoms with Gasteiger partial charge in [0.15, 0.2) is 0 Å². The quantitative estimate of drug-likeness (QED) is 0.207. The summed E-state index contributed by atoms with van der Waals surface area (Å²) in [4.78, 5) is 4.29. The smallest absolute Gasteiger partial charge is 0.303 e. The van der Waals surface area contributed by atoms with E-state index < -0.39 is 51.2 Å². The molecule has 0 aliphatic carbocycles. The van der Waals surface area contributed by atoms with Crippen molar-refractivity contribution >= 4 is 26.1 Å². The minimum absolute atomic E-state index is 0.317. The van der Waals surface area contributed by atoms with Gasteiger partial charge in [-0.2, -0.15) is 5.10 Å². The average Bonchev–Trinajstić information content (AvgIpc) is 3.24. The normalized spacial score (nSPS) is 13.5. The van der Waals surface area contributed by atoms with Crippen LogP contribution in [0.2, 0.25) is 0 Å². The summed E-state index contributed by atoms with van der Waals surface area (Å²) in [5.74, 6) is 0. The maximum absolute atomic E-state index is 17.7. The third-order valence-electron chi connectivity index (χ3n) is 5.24. The highest BCUT2D eigenvalue weighted by molar-refractivity contribution is 7.74. The number of halogens is 1. The van der Waals surface area contributed by atoms with Crippen molar-refractivity contribution in [1.82, 2.24) is 15.2 Å². The van der Waals surface area contributed by atoms with E-state index in [0.29, 0.717) is 11.1 Å². The van der Waals surface area contributed by atoms with Gasteiger partial charge < -0.3 is 18.1 Å². The van der Waals surface area contributed by atoms with Gasteiger partial charge >= 0.3 is 20.3 Å². The lowest BCUT2D eigenvalue weighted by Gasteiger charge is -2.39. The molecule has 0 unspecified atom stereocenters. The third kappa shape index (κ3) is 6.79. The van der Waals surface area contributed by atoms with E-state index in [1.807, 2.05) is 18.2 Å². The van der Waals surface area contributed by atoms with Crippen molar-refractivity contribution in [2.45, 2.75) is 91.4 Å². The van der Waals surface area contributed by atoms with Gasteiger partial charge in [-0.3, -0.25) is 19.2 Å². The highest BCUT2D eigenvalue weighted by Gasteiger charge is 2.68. The van der Waals surface area contributed by atoms with Gasteiger partial charge in [0.2, 0.25) is 0 Å². The Morgan fingerprint density at radius 2 is 1.32 bits per heavy atom. The van der Waals surface area contributed by atoms with Gasteiger partial charge in [-0.15, -0.1) is 0 Å². The van der Waals surface area contributed by atoms with Crippen LogP contribution in [0.25, 0.3) is 22.0 Å². The number of aromatic amines is 1. The molecule has 3 rings (SSSR count). The second-order valence-corrected chi connectivity index (χ2v) is 14.9. The predicted molar refractivity (Wildman–Crippen MR) is 147 cm³/mol. The van der Waals surface area contributed by atoms with Crippen molar-refractivity contribution in [2.24, 2.45) is 0 Å². The fourth-order valence-corrected chi connectivity index (χ4v) is 9.43. The summed E-state index contributed by atoms with van der Waals surface area (Å²) in [5.41, 5.74) is 2.69. The Morgan fingerprint density at radius 1 is 0.789 bits per heavy atom. The fourth-order valence-electron chi connectivity index (χ4n) is 3.95. The molecule has 0 amide bonds. The van der Waals surface area contributed by atoms with E-state index in [9.17, 15) is 9.13 Å². The first kappa shape index (κ1) is 30.6.